The van der Waals surface area contributed by atoms with E-state index in [9.17, 15) is 0 Å². The number of hydrogen-bond acceptors (Lipinski definition) is 5. The van der Waals surface area contributed by atoms with E-state index in [4.69, 9.17) is 4.74 Å². The molecule has 2 heterocycles. The van der Waals surface area contributed by atoms with Crippen molar-refractivity contribution in [1.29, 1.82) is 0 Å². The highest BCUT2D eigenvalue weighted by Gasteiger charge is 2.16. The molecule has 0 radical (unpaired) electrons. The van der Waals surface area contributed by atoms with Gasteiger partial charge in [0.2, 0.25) is 0 Å². The number of nitrogens with zero attached hydrogens (tertiary/aromatic N) is 3. The number of ether oxygens (including phenoxy) is 1. The highest BCUT2D eigenvalue weighted by atomic mass is 16.5. The van der Waals surface area contributed by atoms with E-state index in [0.29, 0.717) is 0 Å². The molecule has 0 aromatic carbocycles. The highest BCUT2D eigenvalue weighted by molar-refractivity contribution is 5.69. The molecule has 5 heteroatoms. The number of rotatable bonds is 5. The van der Waals surface area contributed by atoms with Gasteiger partial charge in [-0.15, -0.1) is 0 Å². The third-order valence-corrected chi connectivity index (χ3v) is 3.12. The van der Waals surface area contributed by atoms with Crippen LogP contribution in [0.5, 0.6) is 5.75 Å². The van der Waals surface area contributed by atoms with Gasteiger partial charge in [0.15, 0.2) is 0 Å². The maximum Gasteiger partial charge on any atom is 0.146 e. The number of nitrogens with one attached hydrogen (secondary N) is 1. The molecule has 0 aliphatic carbocycles. The zero-order chi connectivity index (χ0) is 14.5. The van der Waals surface area contributed by atoms with Crippen LogP contribution in [0.2, 0.25) is 0 Å². The summed E-state index contributed by atoms with van der Waals surface area (Å²) >= 11 is 0. The summed E-state index contributed by atoms with van der Waals surface area (Å²) < 4.78 is 5.38. The first-order chi connectivity index (χ1) is 9.71. The predicted molar refractivity (Wildman–Crippen MR) is 80.1 cm³/mol. The van der Waals surface area contributed by atoms with E-state index in [2.05, 4.69) is 27.2 Å². The van der Waals surface area contributed by atoms with Gasteiger partial charge in [-0.05, 0) is 25.5 Å². The highest BCUT2D eigenvalue weighted by Crippen LogP contribution is 2.30. The lowest BCUT2D eigenvalue weighted by molar-refractivity contribution is 0.414. The Hall–Kier alpha value is -2.17. The summed E-state index contributed by atoms with van der Waals surface area (Å²) in [5, 5.41) is 3.12. The van der Waals surface area contributed by atoms with Gasteiger partial charge in [0, 0.05) is 25.2 Å². The van der Waals surface area contributed by atoms with E-state index < -0.39 is 0 Å². The minimum Gasteiger partial charge on any atom is -0.494 e. The average Bonchev–Trinajstić information content (AvgIpc) is 2.49. The molecule has 0 bridgehead atoms. The van der Waals surface area contributed by atoms with Crippen LogP contribution < -0.4 is 10.1 Å². The van der Waals surface area contributed by atoms with Gasteiger partial charge in [-0.1, -0.05) is 6.92 Å². The molecule has 2 aromatic rings. The van der Waals surface area contributed by atoms with Crippen LogP contribution >= 0.6 is 0 Å². The van der Waals surface area contributed by atoms with Gasteiger partial charge in [-0.3, -0.25) is 4.98 Å². The topological polar surface area (TPSA) is 59.9 Å². The maximum atomic E-state index is 5.38. The number of pyridine rings is 1. The molecule has 0 spiro atoms. The molecule has 0 atom stereocenters. The summed E-state index contributed by atoms with van der Waals surface area (Å²) in [6.45, 7) is 4.11. The second kappa shape index (κ2) is 6.32. The van der Waals surface area contributed by atoms with Gasteiger partial charge in [0.25, 0.3) is 0 Å². The molecule has 0 saturated heterocycles. The molecule has 2 aromatic heterocycles. The quantitative estimate of drug-likeness (QED) is 0.907. The smallest absolute Gasteiger partial charge is 0.146 e. The third kappa shape index (κ3) is 2.71. The molecule has 0 saturated carbocycles. The summed E-state index contributed by atoms with van der Waals surface area (Å²) in [5.41, 5.74) is 2.55. The molecule has 5 nitrogen and oxygen atoms in total. The van der Waals surface area contributed by atoms with Crippen LogP contribution in [0.3, 0.4) is 0 Å². The SMILES string of the molecule is CCCc1nc(NC)c(C)c(-c2ncccc2OC)n1. The lowest BCUT2D eigenvalue weighted by Crippen LogP contribution is -2.06. The largest absolute Gasteiger partial charge is 0.494 e. The third-order valence-electron chi connectivity index (χ3n) is 3.12. The lowest BCUT2D eigenvalue weighted by atomic mass is 10.1. The van der Waals surface area contributed by atoms with E-state index in [1.807, 2.05) is 26.1 Å². The summed E-state index contributed by atoms with van der Waals surface area (Å²) in [4.78, 5) is 13.6. The van der Waals surface area contributed by atoms with Gasteiger partial charge in [0.1, 0.15) is 28.8 Å². The Kier molecular flexibility index (Phi) is 4.50. The van der Waals surface area contributed by atoms with Crippen LogP contribution in [-0.2, 0) is 6.42 Å². The number of aryl methyl sites for hydroxylation is 1. The lowest BCUT2D eigenvalue weighted by Gasteiger charge is -2.13. The first-order valence-electron chi connectivity index (χ1n) is 6.75. The molecular weight excluding hydrogens is 252 g/mol. The summed E-state index contributed by atoms with van der Waals surface area (Å²) in [6, 6.07) is 3.74. The van der Waals surface area contributed by atoms with Crippen molar-refractivity contribution in [1.82, 2.24) is 15.0 Å². The monoisotopic (exact) mass is 272 g/mol. The molecule has 106 valence electrons. The van der Waals surface area contributed by atoms with Crippen molar-refractivity contribution >= 4 is 5.82 Å². The van der Waals surface area contributed by atoms with Crippen LogP contribution in [0.15, 0.2) is 18.3 Å². The van der Waals surface area contributed by atoms with Crippen LogP contribution in [-0.4, -0.2) is 29.1 Å². The second-order valence-electron chi connectivity index (χ2n) is 4.52. The molecule has 0 fully saturated rings. The Morgan fingerprint density at radius 3 is 2.70 bits per heavy atom. The molecule has 20 heavy (non-hydrogen) atoms. The van der Waals surface area contributed by atoms with Crippen molar-refractivity contribution in [2.24, 2.45) is 0 Å². The molecule has 0 amide bonds. The number of anilines is 1. The fraction of sp³-hybridized carbons (Fsp3) is 0.400. The molecule has 0 unspecified atom stereocenters. The van der Waals surface area contributed by atoms with Crippen molar-refractivity contribution < 1.29 is 4.74 Å². The Labute approximate surface area is 119 Å². The number of methoxy groups -OCH3 is 1. The van der Waals surface area contributed by atoms with Crippen LogP contribution in [0.25, 0.3) is 11.4 Å². The molecule has 2 rings (SSSR count). The predicted octanol–water partition coefficient (Wildman–Crippen LogP) is 2.85. The van der Waals surface area contributed by atoms with Crippen molar-refractivity contribution in [2.45, 2.75) is 26.7 Å². The van der Waals surface area contributed by atoms with Gasteiger partial charge >= 0.3 is 0 Å². The summed E-state index contributed by atoms with van der Waals surface area (Å²) in [6.07, 6.45) is 3.60. The standard InChI is InChI=1S/C15H20N4O/c1-5-7-12-18-13(10(2)15(16-3)19-12)14-11(20-4)8-6-9-17-14/h6,8-9H,5,7H2,1-4H3,(H,16,18,19). The summed E-state index contributed by atoms with van der Waals surface area (Å²) in [7, 11) is 3.51. The van der Waals surface area contributed by atoms with Gasteiger partial charge in [-0.2, -0.15) is 0 Å². The van der Waals surface area contributed by atoms with Crippen molar-refractivity contribution in [2.75, 3.05) is 19.5 Å². The van der Waals surface area contributed by atoms with E-state index in [-0.39, 0.29) is 0 Å². The Morgan fingerprint density at radius 1 is 1.25 bits per heavy atom. The van der Waals surface area contributed by atoms with Gasteiger partial charge in [-0.25, -0.2) is 9.97 Å². The first-order valence-corrected chi connectivity index (χ1v) is 6.75. The average molecular weight is 272 g/mol. The molecule has 1 N–H and O–H groups in total. The maximum absolute atomic E-state index is 5.38. The summed E-state index contributed by atoms with van der Waals surface area (Å²) in [5.74, 6) is 2.38. The van der Waals surface area contributed by atoms with E-state index in [0.717, 1.165) is 47.2 Å². The number of hydrogen-bond donors (Lipinski definition) is 1. The van der Waals surface area contributed by atoms with Gasteiger partial charge < -0.3 is 10.1 Å². The van der Waals surface area contributed by atoms with Crippen molar-refractivity contribution in [3.63, 3.8) is 0 Å². The minimum absolute atomic E-state index is 0.721. The van der Waals surface area contributed by atoms with E-state index in [1.54, 1.807) is 13.3 Å². The van der Waals surface area contributed by atoms with E-state index >= 15 is 0 Å². The Bertz CT molecular complexity index is 598. The Balaban J connectivity index is 2.62. The van der Waals surface area contributed by atoms with Crippen molar-refractivity contribution in [3.05, 3.63) is 29.7 Å². The number of aromatic nitrogens is 3. The van der Waals surface area contributed by atoms with Crippen LogP contribution in [0.4, 0.5) is 5.82 Å². The van der Waals surface area contributed by atoms with Gasteiger partial charge in [0.05, 0.1) is 7.11 Å². The Morgan fingerprint density at radius 2 is 2.05 bits per heavy atom. The second-order valence-corrected chi connectivity index (χ2v) is 4.52. The van der Waals surface area contributed by atoms with Crippen LogP contribution in [0, 0.1) is 6.92 Å². The van der Waals surface area contributed by atoms with E-state index in [1.165, 1.54) is 0 Å². The zero-order valence-electron chi connectivity index (χ0n) is 12.4. The van der Waals surface area contributed by atoms with Crippen molar-refractivity contribution in [3.8, 4) is 17.1 Å². The molecule has 0 aliphatic rings. The first kappa shape index (κ1) is 14.2. The minimum atomic E-state index is 0.721. The fourth-order valence-electron chi connectivity index (χ4n) is 2.11. The molecule has 0 aliphatic heterocycles. The zero-order valence-corrected chi connectivity index (χ0v) is 12.4. The molecular formula is C15H20N4O. The normalized spacial score (nSPS) is 10.4. The van der Waals surface area contributed by atoms with Crippen LogP contribution in [0.1, 0.15) is 24.7 Å². The fourth-order valence-corrected chi connectivity index (χ4v) is 2.11.